The zero-order chi connectivity index (χ0) is 16.7. The molecule has 0 aromatic heterocycles. The number of carbonyl (C=O) groups is 2. The summed E-state index contributed by atoms with van der Waals surface area (Å²) in [6.07, 6.45) is 4.47. The van der Waals surface area contributed by atoms with Crippen molar-refractivity contribution in [2.45, 2.75) is 51.7 Å². The van der Waals surface area contributed by atoms with Gasteiger partial charge in [0.1, 0.15) is 12.6 Å². The first kappa shape index (κ1) is 17.3. The number of hydrogen-bond donors (Lipinski definition) is 1. The summed E-state index contributed by atoms with van der Waals surface area (Å²) < 4.78 is 10.0. The number of benzene rings is 1. The van der Waals surface area contributed by atoms with Crippen LogP contribution in [-0.4, -0.2) is 25.2 Å². The second kappa shape index (κ2) is 7.99. The molecular formula is C18H25NO4. The van der Waals surface area contributed by atoms with E-state index in [-0.39, 0.29) is 12.0 Å². The molecule has 1 aromatic rings. The van der Waals surface area contributed by atoms with E-state index in [0.29, 0.717) is 6.42 Å². The molecule has 1 fully saturated rings. The Balaban J connectivity index is 1.89. The molecule has 0 radical (unpaired) electrons. The Morgan fingerprint density at radius 1 is 1.22 bits per heavy atom. The second-order valence-corrected chi connectivity index (χ2v) is 6.50. The lowest BCUT2D eigenvalue weighted by molar-refractivity contribution is -0.143. The first-order valence-corrected chi connectivity index (χ1v) is 8.07. The van der Waals surface area contributed by atoms with Crippen LogP contribution in [0, 0.1) is 5.41 Å². The minimum absolute atomic E-state index is 0.0750. The third-order valence-electron chi connectivity index (χ3n) is 4.50. The Morgan fingerprint density at radius 3 is 2.48 bits per heavy atom. The van der Waals surface area contributed by atoms with E-state index in [4.69, 9.17) is 9.47 Å². The predicted octanol–water partition coefficient (Wildman–Crippen LogP) is 3.42. The quantitative estimate of drug-likeness (QED) is 0.816. The first-order valence-electron chi connectivity index (χ1n) is 8.07. The fourth-order valence-corrected chi connectivity index (χ4v) is 3.17. The molecule has 2 rings (SSSR count). The van der Waals surface area contributed by atoms with Gasteiger partial charge in [0, 0.05) is 0 Å². The maximum absolute atomic E-state index is 12.0. The standard InChI is InChI=1S/C18H25NO4/c1-18(10-6-7-11-18)12-15(16(20)22-2)19-17(21)23-13-14-8-4-3-5-9-14/h3-5,8-9,15H,6-7,10-13H2,1-2H3,(H,19,21)/t15-/m1/s1. The van der Waals surface area contributed by atoms with E-state index >= 15 is 0 Å². The van der Waals surface area contributed by atoms with Crippen molar-refractivity contribution in [3.8, 4) is 0 Å². The molecule has 1 atom stereocenters. The maximum Gasteiger partial charge on any atom is 0.408 e. The van der Waals surface area contributed by atoms with Crippen molar-refractivity contribution >= 4 is 12.1 Å². The molecule has 0 spiro atoms. The van der Waals surface area contributed by atoms with Crippen LogP contribution >= 0.6 is 0 Å². The number of amides is 1. The molecule has 23 heavy (non-hydrogen) atoms. The normalized spacial score (nSPS) is 17.3. The van der Waals surface area contributed by atoms with Crippen molar-refractivity contribution in [1.29, 1.82) is 0 Å². The fraction of sp³-hybridized carbons (Fsp3) is 0.556. The van der Waals surface area contributed by atoms with Gasteiger partial charge in [0.25, 0.3) is 0 Å². The third kappa shape index (κ3) is 5.27. The van der Waals surface area contributed by atoms with Gasteiger partial charge in [0.2, 0.25) is 0 Å². The third-order valence-corrected chi connectivity index (χ3v) is 4.50. The molecule has 1 amide bonds. The number of ether oxygens (including phenoxy) is 2. The van der Waals surface area contributed by atoms with Gasteiger partial charge in [-0.25, -0.2) is 9.59 Å². The van der Waals surface area contributed by atoms with Gasteiger partial charge in [-0.3, -0.25) is 0 Å². The summed E-state index contributed by atoms with van der Waals surface area (Å²) in [6.45, 7) is 2.34. The van der Waals surface area contributed by atoms with E-state index in [1.807, 2.05) is 30.3 Å². The maximum atomic E-state index is 12.0. The largest absolute Gasteiger partial charge is 0.467 e. The van der Waals surface area contributed by atoms with Gasteiger partial charge in [-0.15, -0.1) is 0 Å². The molecule has 0 aliphatic heterocycles. The lowest BCUT2D eigenvalue weighted by Gasteiger charge is -2.28. The van der Waals surface area contributed by atoms with Gasteiger partial charge in [-0.1, -0.05) is 50.1 Å². The molecule has 0 saturated heterocycles. The van der Waals surface area contributed by atoms with E-state index in [2.05, 4.69) is 12.2 Å². The van der Waals surface area contributed by atoms with E-state index in [9.17, 15) is 9.59 Å². The van der Waals surface area contributed by atoms with Crippen molar-refractivity contribution in [3.63, 3.8) is 0 Å². The molecule has 1 aliphatic rings. The Bertz CT molecular complexity index is 523. The van der Waals surface area contributed by atoms with Crippen LogP contribution in [0.25, 0.3) is 0 Å². The summed E-state index contributed by atoms with van der Waals surface area (Å²) in [7, 11) is 1.34. The smallest absolute Gasteiger partial charge is 0.408 e. The van der Waals surface area contributed by atoms with E-state index < -0.39 is 18.1 Å². The number of alkyl carbamates (subject to hydrolysis) is 1. The number of esters is 1. The van der Waals surface area contributed by atoms with Crippen molar-refractivity contribution in [2.75, 3.05) is 7.11 Å². The number of nitrogens with one attached hydrogen (secondary N) is 1. The molecule has 0 heterocycles. The topological polar surface area (TPSA) is 64.6 Å². The van der Waals surface area contributed by atoms with E-state index in [0.717, 1.165) is 18.4 Å². The molecule has 1 aliphatic carbocycles. The lowest BCUT2D eigenvalue weighted by atomic mass is 9.82. The highest BCUT2D eigenvalue weighted by molar-refractivity contribution is 5.81. The molecule has 1 saturated carbocycles. The number of methoxy groups -OCH3 is 1. The van der Waals surface area contributed by atoms with Crippen LogP contribution in [0.2, 0.25) is 0 Å². The zero-order valence-electron chi connectivity index (χ0n) is 13.8. The minimum atomic E-state index is -0.661. The van der Waals surface area contributed by atoms with Crippen LogP contribution in [0.5, 0.6) is 0 Å². The minimum Gasteiger partial charge on any atom is -0.467 e. The first-order chi connectivity index (χ1) is 11.0. The molecule has 5 nitrogen and oxygen atoms in total. The predicted molar refractivity (Wildman–Crippen MR) is 86.8 cm³/mol. The van der Waals surface area contributed by atoms with Gasteiger partial charge >= 0.3 is 12.1 Å². The fourth-order valence-electron chi connectivity index (χ4n) is 3.17. The van der Waals surface area contributed by atoms with Crippen LogP contribution in [0.1, 0.15) is 44.6 Å². The molecule has 0 bridgehead atoms. The molecule has 1 aromatic carbocycles. The summed E-state index contributed by atoms with van der Waals surface area (Å²) in [5.41, 5.74) is 0.978. The van der Waals surface area contributed by atoms with Gasteiger partial charge < -0.3 is 14.8 Å². The summed E-state index contributed by atoms with van der Waals surface area (Å²) in [6, 6.07) is 8.77. The number of carbonyl (C=O) groups excluding carboxylic acids is 2. The number of hydrogen-bond acceptors (Lipinski definition) is 4. The molecule has 0 unspecified atom stereocenters. The van der Waals surface area contributed by atoms with Gasteiger partial charge in [-0.2, -0.15) is 0 Å². The van der Waals surface area contributed by atoms with Crippen molar-refractivity contribution in [1.82, 2.24) is 5.32 Å². The summed E-state index contributed by atoms with van der Waals surface area (Å²) in [5, 5.41) is 2.65. The monoisotopic (exact) mass is 319 g/mol. The molecular weight excluding hydrogens is 294 g/mol. The van der Waals surface area contributed by atoms with Crippen LogP contribution in [0.4, 0.5) is 4.79 Å². The molecule has 126 valence electrons. The van der Waals surface area contributed by atoms with Crippen molar-refractivity contribution in [3.05, 3.63) is 35.9 Å². The van der Waals surface area contributed by atoms with E-state index in [1.54, 1.807) is 0 Å². The van der Waals surface area contributed by atoms with Crippen LogP contribution in [0.15, 0.2) is 30.3 Å². The van der Waals surface area contributed by atoms with Crippen LogP contribution in [0.3, 0.4) is 0 Å². The van der Waals surface area contributed by atoms with Crippen LogP contribution in [-0.2, 0) is 20.9 Å². The number of rotatable bonds is 6. The Morgan fingerprint density at radius 2 is 1.87 bits per heavy atom. The molecule has 5 heteroatoms. The van der Waals surface area contributed by atoms with Crippen LogP contribution < -0.4 is 5.32 Å². The average molecular weight is 319 g/mol. The lowest BCUT2D eigenvalue weighted by Crippen LogP contribution is -2.44. The highest BCUT2D eigenvalue weighted by atomic mass is 16.6. The summed E-state index contributed by atoms with van der Waals surface area (Å²) in [5.74, 6) is -0.421. The zero-order valence-corrected chi connectivity index (χ0v) is 13.8. The Kier molecular flexibility index (Phi) is 6.02. The average Bonchev–Trinajstić information content (AvgIpc) is 2.99. The van der Waals surface area contributed by atoms with E-state index in [1.165, 1.54) is 20.0 Å². The van der Waals surface area contributed by atoms with Gasteiger partial charge in [0.05, 0.1) is 7.11 Å². The van der Waals surface area contributed by atoms with Gasteiger partial charge in [0.15, 0.2) is 0 Å². The highest BCUT2D eigenvalue weighted by Gasteiger charge is 2.35. The van der Waals surface area contributed by atoms with Crippen molar-refractivity contribution < 1.29 is 19.1 Å². The molecule has 1 N–H and O–H groups in total. The van der Waals surface area contributed by atoms with Crippen molar-refractivity contribution in [2.24, 2.45) is 5.41 Å². The van der Waals surface area contributed by atoms with Gasteiger partial charge in [-0.05, 0) is 30.2 Å². The highest BCUT2D eigenvalue weighted by Crippen LogP contribution is 2.41. The second-order valence-electron chi connectivity index (χ2n) is 6.50. The summed E-state index contributed by atoms with van der Waals surface area (Å²) >= 11 is 0. The Labute approximate surface area is 137 Å². The summed E-state index contributed by atoms with van der Waals surface area (Å²) in [4.78, 5) is 23.9. The Hall–Kier alpha value is -2.04. The SMILES string of the molecule is COC(=O)[C@@H](CC1(C)CCCC1)NC(=O)OCc1ccccc1.